The third-order valence-electron chi connectivity index (χ3n) is 2.98. The molecule has 0 amide bonds. The molecule has 4 nitrogen and oxygen atoms in total. The number of aliphatic hydroxyl groups is 1. The van der Waals surface area contributed by atoms with Crippen molar-refractivity contribution in [3.05, 3.63) is 29.3 Å². The number of benzene rings is 1. The van der Waals surface area contributed by atoms with E-state index in [-0.39, 0.29) is 19.0 Å². The third kappa shape index (κ3) is 2.89. The summed E-state index contributed by atoms with van der Waals surface area (Å²) in [6.45, 7) is 2.91. The molecule has 1 N–H and O–H groups in total. The van der Waals surface area contributed by atoms with Crippen LogP contribution in [0.2, 0.25) is 0 Å². The zero-order chi connectivity index (χ0) is 13.0. The topological polar surface area (TPSA) is 55.8 Å². The molecule has 0 saturated carbocycles. The smallest absolute Gasteiger partial charge is 0.163 e. The van der Waals surface area contributed by atoms with Crippen LogP contribution in [0.1, 0.15) is 29.3 Å². The maximum absolute atomic E-state index is 11.6. The van der Waals surface area contributed by atoms with Gasteiger partial charge in [-0.15, -0.1) is 0 Å². The number of fused-ring (bicyclic) bond motifs is 1. The molecule has 0 saturated heterocycles. The average molecular weight is 250 g/mol. The highest BCUT2D eigenvalue weighted by atomic mass is 16.5. The molecular formula is C14H18O4. The van der Waals surface area contributed by atoms with Gasteiger partial charge in [-0.05, 0) is 19.4 Å². The fraction of sp³-hybridized carbons (Fsp3) is 0.500. The Hall–Kier alpha value is -1.39. The van der Waals surface area contributed by atoms with Gasteiger partial charge in [-0.1, -0.05) is 12.1 Å². The number of hydrogen-bond acceptors (Lipinski definition) is 4. The molecule has 1 atom stereocenters. The van der Waals surface area contributed by atoms with E-state index in [0.717, 1.165) is 17.5 Å². The molecule has 1 aliphatic rings. The molecule has 0 spiro atoms. The standard InChI is InChI=1S/C14H18O4/c1-2-17-8-10(15)9-18-14-5-3-4-11-12(14)6-7-13(11)16/h3-5,10,15H,2,6-9H2,1H3. The Kier molecular flexibility index (Phi) is 4.33. The van der Waals surface area contributed by atoms with Crippen LogP contribution >= 0.6 is 0 Å². The van der Waals surface area contributed by atoms with Gasteiger partial charge in [0.05, 0.1) is 6.61 Å². The SMILES string of the molecule is CCOCC(O)COc1cccc2c1CCC2=O. The quantitative estimate of drug-likeness (QED) is 0.833. The Morgan fingerprint density at radius 1 is 1.33 bits per heavy atom. The number of carbonyl (C=O) groups is 1. The molecule has 1 aromatic rings. The van der Waals surface area contributed by atoms with Crippen LogP contribution in [0.25, 0.3) is 0 Å². The molecule has 0 aliphatic heterocycles. The predicted molar refractivity (Wildman–Crippen MR) is 67.1 cm³/mol. The van der Waals surface area contributed by atoms with E-state index in [9.17, 15) is 9.90 Å². The third-order valence-corrected chi connectivity index (χ3v) is 2.98. The van der Waals surface area contributed by atoms with E-state index in [4.69, 9.17) is 9.47 Å². The van der Waals surface area contributed by atoms with Crippen molar-refractivity contribution >= 4 is 5.78 Å². The first-order chi connectivity index (χ1) is 8.72. The Balaban J connectivity index is 1.96. The van der Waals surface area contributed by atoms with Gasteiger partial charge in [0.15, 0.2) is 5.78 Å². The normalized spacial score (nSPS) is 15.6. The van der Waals surface area contributed by atoms with E-state index >= 15 is 0 Å². The molecule has 0 aromatic heterocycles. The minimum Gasteiger partial charge on any atom is -0.490 e. The van der Waals surface area contributed by atoms with Gasteiger partial charge in [0.1, 0.15) is 18.5 Å². The van der Waals surface area contributed by atoms with Gasteiger partial charge in [0, 0.05) is 24.2 Å². The number of ketones is 1. The lowest BCUT2D eigenvalue weighted by molar-refractivity contribution is 0.0163. The molecule has 1 aliphatic carbocycles. The number of carbonyl (C=O) groups excluding carboxylic acids is 1. The van der Waals surface area contributed by atoms with E-state index < -0.39 is 6.10 Å². The molecule has 98 valence electrons. The van der Waals surface area contributed by atoms with Crippen LogP contribution in [0.5, 0.6) is 5.75 Å². The van der Waals surface area contributed by atoms with Gasteiger partial charge in [-0.25, -0.2) is 0 Å². The lowest BCUT2D eigenvalue weighted by atomic mass is 10.1. The number of rotatable bonds is 6. The van der Waals surface area contributed by atoms with Gasteiger partial charge < -0.3 is 14.6 Å². The summed E-state index contributed by atoms with van der Waals surface area (Å²) < 4.78 is 10.7. The average Bonchev–Trinajstić information content (AvgIpc) is 2.76. The van der Waals surface area contributed by atoms with Crippen LogP contribution in [0.15, 0.2) is 18.2 Å². The number of ether oxygens (including phenoxy) is 2. The summed E-state index contributed by atoms with van der Waals surface area (Å²) in [5.74, 6) is 0.874. The Bertz CT molecular complexity index is 428. The van der Waals surface area contributed by atoms with Crippen molar-refractivity contribution in [1.29, 1.82) is 0 Å². The van der Waals surface area contributed by atoms with Crippen LogP contribution in [0.4, 0.5) is 0 Å². The highest BCUT2D eigenvalue weighted by Crippen LogP contribution is 2.30. The van der Waals surface area contributed by atoms with Crippen LogP contribution in [-0.4, -0.2) is 36.8 Å². The van der Waals surface area contributed by atoms with Gasteiger partial charge in [-0.3, -0.25) is 4.79 Å². The second-order valence-corrected chi connectivity index (χ2v) is 4.33. The second-order valence-electron chi connectivity index (χ2n) is 4.33. The van der Waals surface area contributed by atoms with Crippen LogP contribution in [-0.2, 0) is 11.2 Å². The van der Waals surface area contributed by atoms with Crippen molar-refractivity contribution in [1.82, 2.24) is 0 Å². The lowest BCUT2D eigenvalue weighted by Crippen LogP contribution is -2.23. The Morgan fingerprint density at radius 2 is 2.17 bits per heavy atom. The summed E-state index contributed by atoms with van der Waals surface area (Å²) in [5, 5.41) is 9.63. The molecule has 0 radical (unpaired) electrons. The first kappa shape index (κ1) is 13.1. The van der Waals surface area contributed by atoms with E-state index in [1.165, 1.54) is 0 Å². The van der Waals surface area contributed by atoms with Crippen molar-refractivity contribution in [2.45, 2.75) is 25.9 Å². The van der Waals surface area contributed by atoms with Crippen molar-refractivity contribution in [3.8, 4) is 5.75 Å². The van der Waals surface area contributed by atoms with Crippen molar-refractivity contribution in [3.63, 3.8) is 0 Å². The Morgan fingerprint density at radius 3 is 2.94 bits per heavy atom. The summed E-state index contributed by atoms with van der Waals surface area (Å²) in [4.78, 5) is 11.6. The number of Topliss-reactive ketones (excluding diaryl/α,β-unsaturated/α-hetero) is 1. The molecule has 2 rings (SSSR count). The fourth-order valence-electron chi connectivity index (χ4n) is 2.08. The maximum atomic E-state index is 11.6. The number of hydrogen-bond donors (Lipinski definition) is 1. The first-order valence-electron chi connectivity index (χ1n) is 6.26. The molecule has 18 heavy (non-hydrogen) atoms. The minimum atomic E-state index is -0.641. The highest BCUT2D eigenvalue weighted by Gasteiger charge is 2.22. The second kappa shape index (κ2) is 5.98. The van der Waals surface area contributed by atoms with E-state index in [2.05, 4.69) is 0 Å². The van der Waals surface area contributed by atoms with Gasteiger partial charge >= 0.3 is 0 Å². The zero-order valence-electron chi connectivity index (χ0n) is 10.5. The zero-order valence-corrected chi connectivity index (χ0v) is 10.5. The fourth-order valence-corrected chi connectivity index (χ4v) is 2.08. The molecule has 4 heteroatoms. The summed E-state index contributed by atoms with van der Waals surface area (Å²) in [5.41, 5.74) is 1.72. The first-order valence-corrected chi connectivity index (χ1v) is 6.26. The van der Waals surface area contributed by atoms with Crippen molar-refractivity contribution in [2.24, 2.45) is 0 Å². The van der Waals surface area contributed by atoms with Gasteiger partial charge in [-0.2, -0.15) is 0 Å². The van der Waals surface area contributed by atoms with Crippen LogP contribution in [0, 0.1) is 0 Å². The molecule has 0 fully saturated rings. The van der Waals surface area contributed by atoms with Crippen LogP contribution in [0.3, 0.4) is 0 Å². The maximum Gasteiger partial charge on any atom is 0.163 e. The minimum absolute atomic E-state index is 0.172. The lowest BCUT2D eigenvalue weighted by Gasteiger charge is -2.14. The summed E-state index contributed by atoms with van der Waals surface area (Å²) in [6.07, 6.45) is 0.640. The summed E-state index contributed by atoms with van der Waals surface area (Å²) in [7, 11) is 0. The van der Waals surface area contributed by atoms with Crippen molar-refractivity contribution < 1.29 is 19.4 Å². The molecular weight excluding hydrogens is 232 g/mol. The molecule has 1 aromatic carbocycles. The number of aliphatic hydroxyl groups excluding tert-OH is 1. The van der Waals surface area contributed by atoms with Gasteiger partial charge in [0.2, 0.25) is 0 Å². The summed E-state index contributed by atoms with van der Waals surface area (Å²) >= 11 is 0. The van der Waals surface area contributed by atoms with E-state index in [1.807, 2.05) is 25.1 Å². The summed E-state index contributed by atoms with van der Waals surface area (Å²) in [6, 6.07) is 5.48. The molecule has 1 unspecified atom stereocenters. The van der Waals surface area contributed by atoms with E-state index in [1.54, 1.807) is 0 Å². The largest absolute Gasteiger partial charge is 0.490 e. The van der Waals surface area contributed by atoms with Gasteiger partial charge in [0.25, 0.3) is 0 Å². The predicted octanol–water partition coefficient (Wildman–Crippen LogP) is 1.59. The Labute approximate surface area is 107 Å². The highest BCUT2D eigenvalue weighted by molar-refractivity contribution is 6.01. The van der Waals surface area contributed by atoms with E-state index in [0.29, 0.717) is 18.8 Å². The molecule has 0 heterocycles. The van der Waals surface area contributed by atoms with Crippen molar-refractivity contribution in [2.75, 3.05) is 19.8 Å². The monoisotopic (exact) mass is 250 g/mol. The molecule has 0 bridgehead atoms. The van der Waals surface area contributed by atoms with Crippen LogP contribution < -0.4 is 4.74 Å².